The Morgan fingerprint density at radius 2 is 2.08 bits per heavy atom. The van der Waals surface area contributed by atoms with Crippen LogP contribution in [0.15, 0.2) is 28.7 Å². The molecule has 0 radical (unpaired) electrons. The van der Waals surface area contributed by atoms with Crippen LogP contribution in [0.4, 0.5) is 0 Å². The number of rotatable bonds is 7. The van der Waals surface area contributed by atoms with Crippen LogP contribution in [0.5, 0.6) is 0 Å². The Bertz CT molecular complexity index is 778. The summed E-state index contributed by atoms with van der Waals surface area (Å²) >= 11 is 6.16. The molecule has 5 heteroatoms. The molecule has 1 amide bonds. The molecule has 0 atom stereocenters. The molecule has 0 aliphatic carbocycles. The fourth-order valence-corrected chi connectivity index (χ4v) is 2.91. The van der Waals surface area contributed by atoms with Gasteiger partial charge in [-0.15, -0.1) is 0 Å². The molecule has 2 rings (SSSR count). The first kappa shape index (κ1) is 19.3. The minimum Gasteiger partial charge on any atom is -0.445 e. The number of carbonyl (C=O) groups is 1. The van der Waals surface area contributed by atoms with Crippen LogP contribution in [-0.2, 0) is 0 Å². The topological polar surface area (TPSA) is 55.1 Å². The predicted octanol–water partition coefficient (Wildman–Crippen LogP) is 5.26. The van der Waals surface area contributed by atoms with E-state index in [0.29, 0.717) is 23.9 Å². The average Bonchev–Trinajstić information content (AvgIpc) is 2.91. The molecule has 1 N–H and O–H groups in total. The van der Waals surface area contributed by atoms with Crippen molar-refractivity contribution in [3.05, 3.63) is 57.8 Å². The van der Waals surface area contributed by atoms with Crippen LogP contribution >= 0.6 is 11.6 Å². The minimum atomic E-state index is -0.202. The zero-order valence-electron chi connectivity index (χ0n) is 15.3. The molecule has 0 saturated carbocycles. The Labute approximate surface area is 154 Å². The molecule has 0 aliphatic rings. The summed E-state index contributed by atoms with van der Waals surface area (Å²) < 4.78 is 5.32. The molecule has 4 nitrogen and oxygen atoms in total. The number of halogens is 1. The normalized spacial score (nSPS) is 11.6. The largest absolute Gasteiger partial charge is 0.445 e. The summed E-state index contributed by atoms with van der Waals surface area (Å²) in [6, 6.07) is 5.91. The van der Waals surface area contributed by atoms with Crippen molar-refractivity contribution in [2.75, 3.05) is 6.54 Å². The molecule has 1 aromatic carbocycles. The third-order valence-electron chi connectivity index (χ3n) is 4.02. The van der Waals surface area contributed by atoms with Gasteiger partial charge in [0.25, 0.3) is 5.91 Å². The molecule has 0 bridgehead atoms. The first-order valence-electron chi connectivity index (χ1n) is 8.60. The predicted molar refractivity (Wildman–Crippen MR) is 102 cm³/mol. The first-order valence-corrected chi connectivity index (χ1v) is 8.98. The number of aromatic nitrogens is 1. The molecule has 2 aromatic rings. The van der Waals surface area contributed by atoms with Gasteiger partial charge >= 0.3 is 0 Å². The molecule has 25 heavy (non-hydrogen) atoms. The van der Waals surface area contributed by atoms with Gasteiger partial charge in [-0.1, -0.05) is 37.1 Å². The maximum atomic E-state index is 12.3. The molecule has 0 spiro atoms. The summed E-state index contributed by atoms with van der Waals surface area (Å²) in [6.45, 7) is 8.24. The van der Waals surface area contributed by atoms with E-state index in [1.165, 1.54) is 11.1 Å². The van der Waals surface area contributed by atoms with Gasteiger partial charge in [-0.2, -0.15) is 0 Å². The lowest BCUT2D eigenvalue weighted by atomic mass is 9.96. The Kier molecular flexibility index (Phi) is 6.82. The number of carbonyl (C=O) groups excluding carboxylic acids is 1. The van der Waals surface area contributed by atoms with Crippen molar-refractivity contribution in [1.29, 1.82) is 0 Å². The van der Waals surface area contributed by atoms with E-state index < -0.39 is 0 Å². The van der Waals surface area contributed by atoms with E-state index in [1.807, 2.05) is 18.2 Å². The lowest BCUT2D eigenvalue weighted by Crippen LogP contribution is -2.25. The zero-order chi connectivity index (χ0) is 18.4. The van der Waals surface area contributed by atoms with Gasteiger partial charge in [0.05, 0.1) is 0 Å². The van der Waals surface area contributed by atoms with Crippen LogP contribution in [0.1, 0.15) is 59.5 Å². The van der Waals surface area contributed by atoms with Crippen molar-refractivity contribution in [3.8, 4) is 0 Å². The van der Waals surface area contributed by atoms with Crippen molar-refractivity contribution in [2.45, 2.75) is 47.0 Å². The number of benzene rings is 1. The van der Waals surface area contributed by atoms with Crippen molar-refractivity contribution >= 4 is 23.1 Å². The number of amides is 1. The second-order valence-electron chi connectivity index (χ2n) is 6.12. The molecule has 1 heterocycles. The zero-order valence-corrected chi connectivity index (χ0v) is 16.0. The number of unbranched alkanes of at least 4 members (excludes halogenated alkanes) is 1. The summed E-state index contributed by atoms with van der Waals surface area (Å²) in [5.41, 5.74) is 3.88. The van der Waals surface area contributed by atoms with Gasteiger partial charge in [-0.05, 0) is 55.5 Å². The molecule has 0 unspecified atom stereocenters. The summed E-state index contributed by atoms with van der Waals surface area (Å²) in [4.78, 5) is 16.4. The fraction of sp³-hybridized carbons (Fsp3) is 0.400. The molecule has 134 valence electrons. The number of hydrogen-bond acceptors (Lipinski definition) is 3. The summed E-state index contributed by atoms with van der Waals surface area (Å²) in [5, 5.41) is 3.65. The number of oxazole rings is 1. The number of allylic oxidation sites excluding steroid dienone is 1. The quantitative estimate of drug-likeness (QED) is 0.732. The van der Waals surface area contributed by atoms with Gasteiger partial charge in [-0.3, -0.25) is 4.79 Å². The van der Waals surface area contributed by atoms with E-state index in [1.54, 1.807) is 13.8 Å². The summed E-state index contributed by atoms with van der Waals surface area (Å²) in [6.07, 6.45) is 5.04. The van der Waals surface area contributed by atoms with Crippen LogP contribution in [0, 0.1) is 20.8 Å². The third-order valence-corrected chi connectivity index (χ3v) is 4.26. The second-order valence-corrected chi connectivity index (χ2v) is 6.56. The van der Waals surface area contributed by atoms with E-state index in [9.17, 15) is 4.79 Å². The van der Waals surface area contributed by atoms with Gasteiger partial charge in [0, 0.05) is 18.5 Å². The van der Waals surface area contributed by atoms with Crippen LogP contribution in [-0.4, -0.2) is 17.4 Å². The lowest BCUT2D eigenvalue weighted by molar-refractivity contribution is 0.0948. The SMILES string of the molecule is CCCC=C(CCNC(=O)c1nc(C)oc1C)c1cc(Cl)ccc1C. The Hall–Kier alpha value is -2.07. The third kappa shape index (κ3) is 5.20. The van der Waals surface area contributed by atoms with Gasteiger partial charge < -0.3 is 9.73 Å². The van der Waals surface area contributed by atoms with Gasteiger partial charge in [0.2, 0.25) is 0 Å². The highest BCUT2D eigenvalue weighted by molar-refractivity contribution is 6.30. The van der Waals surface area contributed by atoms with Crippen molar-refractivity contribution in [1.82, 2.24) is 10.3 Å². The molecular weight excluding hydrogens is 336 g/mol. The second kappa shape index (κ2) is 8.86. The first-order chi connectivity index (χ1) is 11.9. The minimum absolute atomic E-state index is 0.202. The Morgan fingerprint density at radius 3 is 2.72 bits per heavy atom. The maximum Gasteiger partial charge on any atom is 0.273 e. The Balaban J connectivity index is 2.07. The molecule has 0 fully saturated rings. The average molecular weight is 361 g/mol. The number of nitrogens with one attached hydrogen (secondary N) is 1. The highest BCUT2D eigenvalue weighted by atomic mass is 35.5. The van der Waals surface area contributed by atoms with E-state index in [4.69, 9.17) is 16.0 Å². The van der Waals surface area contributed by atoms with Gasteiger partial charge in [0.1, 0.15) is 5.76 Å². The molecule has 0 saturated heterocycles. The lowest BCUT2D eigenvalue weighted by Gasteiger charge is -2.12. The number of nitrogens with zero attached hydrogens (tertiary/aromatic N) is 1. The van der Waals surface area contributed by atoms with Crippen molar-refractivity contribution in [2.24, 2.45) is 0 Å². The maximum absolute atomic E-state index is 12.3. The summed E-state index contributed by atoms with van der Waals surface area (Å²) in [5.74, 6) is 0.843. The van der Waals surface area contributed by atoms with E-state index in [2.05, 4.69) is 30.2 Å². The monoisotopic (exact) mass is 360 g/mol. The van der Waals surface area contributed by atoms with Crippen LogP contribution in [0.2, 0.25) is 5.02 Å². The molecule has 0 aliphatic heterocycles. The fourth-order valence-electron chi connectivity index (χ4n) is 2.74. The highest BCUT2D eigenvalue weighted by Gasteiger charge is 2.15. The van der Waals surface area contributed by atoms with E-state index in [-0.39, 0.29) is 5.91 Å². The highest BCUT2D eigenvalue weighted by Crippen LogP contribution is 2.26. The van der Waals surface area contributed by atoms with E-state index >= 15 is 0 Å². The Morgan fingerprint density at radius 1 is 1.32 bits per heavy atom. The summed E-state index contributed by atoms with van der Waals surface area (Å²) in [7, 11) is 0. The van der Waals surface area contributed by atoms with Gasteiger partial charge in [0.15, 0.2) is 11.6 Å². The van der Waals surface area contributed by atoms with Crippen molar-refractivity contribution in [3.63, 3.8) is 0 Å². The molecular formula is C20H25ClN2O2. The van der Waals surface area contributed by atoms with Crippen LogP contribution in [0.3, 0.4) is 0 Å². The van der Waals surface area contributed by atoms with Crippen LogP contribution in [0.25, 0.3) is 5.57 Å². The molecule has 1 aromatic heterocycles. The smallest absolute Gasteiger partial charge is 0.273 e. The number of hydrogen-bond donors (Lipinski definition) is 1. The number of aryl methyl sites for hydroxylation is 3. The van der Waals surface area contributed by atoms with E-state index in [0.717, 1.165) is 29.8 Å². The van der Waals surface area contributed by atoms with Gasteiger partial charge in [-0.25, -0.2) is 4.98 Å². The van der Waals surface area contributed by atoms with Crippen LogP contribution < -0.4 is 5.32 Å². The standard InChI is InChI=1S/C20H25ClN2O2/c1-5-6-7-16(18-12-17(21)9-8-13(18)2)10-11-22-20(24)19-14(3)25-15(4)23-19/h7-9,12H,5-6,10-11H2,1-4H3,(H,22,24). The van der Waals surface area contributed by atoms with Crippen molar-refractivity contribution < 1.29 is 9.21 Å².